The van der Waals surface area contributed by atoms with Crippen LogP contribution in [0.1, 0.15) is 54.7 Å². The molecule has 2 rings (SSSR count). The predicted molar refractivity (Wildman–Crippen MR) is 89.0 cm³/mol. The van der Waals surface area contributed by atoms with E-state index in [2.05, 4.69) is 26.0 Å². The molecule has 0 fully saturated rings. The monoisotopic (exact) mass is 280 g/mol. The lowest BCUT2D eigenvalue weighted by Gasteiger charge is -2.24. The van der Waals surface area contributed by atoms with Crippen LogP contribution >= 0.6 is 0 Å². The first-order valence-electron chi connectivity index (χ1n) is 7.72. The van der Waals surface area contributed by atoms with Crippen LogP contribution in [0.25, 0.3) is 0 Å². The highest BCUT2D eigenvalue weighted by molar-refractivity contribution is 6.03. The molecule has 0 aliphatic carbocycles. The Kier molecular flexibility index (Phi) is 4.62. The van der Waals surface area contributed by atoms with Gasteiger partial charge in [-0.25, -0.2) is 0 Å². The minimum absolute atomic E-state index is 0.186. The molecule has 2 aromatic carbocycles. The smallest absolute Gasteiger partial charge is 0.172 e. The lowest BCUT2D eigenvalue weighted by Crippen LogP contribution is -2.29. The number of carbonyl (C=O) groups is 1. The van der Waals surface area contributed by atoms with Crippen molar-refractivity contribution in [1.82, 2.24) is 0 Å². The quantitative estimate of drug-likeness (QED) is 0.706. The summed E-state index contributed by atoms with van der Waals surface area (Å²) >= 11 is 0. The molecular weight excluding hydrogens is 256 g/mol. The van der Waals surface area contributed by atoms with Crippen molar-refractivity contribution in [3.8, 4) is 0 Å². The van der Waals surface area contributed by atoms with Crippen molar-refractivity contribution in [3.63, 3.8) is 0 Å². The van der Waals surface area contributed by atoms with Crippen LogP contribution in [-0.2, 0) is 18.3 Å². The zero-order valence-corrected chi connectivity index (χ0v) is 13.4. The zero-order valence-electron chi connectivity index (χ0n) is 13.4. The third kappa shape index (κ3) is 3.07. The summed E-state index contributed by atoms with van der Waals surface area (Å²) < 4.78 is 0. The van der Waals surface area contributed by atoms with E-state index in [0.717, 1.165) is 24.0 Å². The van der Waals surface area contributed by atoms with Crippen LogP contribution in [0.4, 0.5) is 0 Å². The molecular formula is C20H24O. The summed E-state index contributed by atoms with van der Waals surface area (Å²) in [4.78, 5) is 12.9. The van der Waals surface area contributed by atoms with Crippen LogP contribution in [0.15, 0.2) is 48.5 Å². The van der Waals surface area contributed by atoms with E-state index in [0.29, 0.717) is 0 Å². The lowest BCUT2D eigenvalue weighted by atomic mass is 9.77. The number of hydrogen-bond acceptors (Lipinski definition) is 1. The van der Waals surface area contributed by atoms with Gasteiger partial charge in [0.2, 0.25) is 0 Å². The molecule has 0 heterocycles. The number of Topliss-reactive ketones (excluding diaryl/α,β-unsaturated/α-hetero) is 1. The van der Waals surface area contributed by atoms with E-state index >= 15 is 0 Å². The number of benzene rings is 2. The Labute approximate surface area is 128 Å². The number of hydrogen-bond donors (Lipinski definition) is 0. The Bertz CT molecular complexity index is 624. The molecule has 1 heteroatoms. The van der Waals surface area contributed by atoms with Crippen molar-refractivity contribution in [1.29, 1.82) is 0 Å². The van der Waals surface area contributed by atoms with E-state index < -0.39 is 5.41 Å². The summed E-state index contributed by atoms with van der Waals surface area (Å²) in [5.41, 5.74) is 4.00. The first-order valence-corrected chi connectivity index (χ1v) is 7.72. The minimum atomic E-state index is -0.500. The Hall–Kier alpha value is -1.89. The summed E-state index contributed by atoms with van der Waals surface area (Å²) in [5, 5.41) is 0. The van der Waals surface area contributed by atoms with Crippen molar-refractivity contribution >= 4 is 5.78 Å². The topological polar surface area (TPSA) is 17.1 Å². The maximum Gasteiger partial charge on any atom is 0.172 e. The fourth-order valence-corrected chi connectivity index (χ4v) is 2.79. The van der Waals surface area contributed by atoms with E-state index in [1.54, 1.807) is 0 Å². The van der Waals surface area contributed by atoms with Crippen LogP contribution in [0.5, 0.6) is 0 Å². The highest BCUT2D eigenvalue weighted by atomic mass is 16.1. The molecule has 0 aliphatic heterocycles. The SMILES string of the molecule is CCc1ccc(C(=O)C(C)(C)c2ccccc2)cc1CC. The number of rotatable bonds is 5. The van der Waals surface area contributed by atoms with Gasteiger partial charge in [0.25, 0.3) is 0 Å². The van der Waals surface area contributed by atoms with Gasteiger partial charge in [-0.3, -0.25) is 4.79 Å². The van der Waals surface area contributed by atoms with E-state index in [1.807, 2.05) is 50.2 Å². The highest BCUT2D eigenvalue weighted by Gasteiger charge is 2.30. The molecule has 110 valence electrons. The van der Waals surface area contributed by atoms with Crippen molar-refractivity contribution in [2.75, 3.05) is 0 Å². The van der Waals surface area contributed by atoms with Gasteiger partial charge >= 0.3 is 0 Å². The largest absolute Gasteiger partial charge is 0.293 e. The minimum Gasteiger partial charge on any atom is -0.293 e. The molecule has 0 amide bonds. The molecule has 21 heavy (non-hydrogen) atoms. The third-order valence-corrected chi connectivity index (χ3v) is 4.29. The molecule has 0 atom stereocenters. The fourth-order valence-electron chi connectivity index (χ4n) is 2.79. The lowest BCUT2D eigenvalue weighted by molar-refractivity contribution is 0.0908. The Morgan fingerprint density at radius 2 is 1.52 bits per heavy atom. The normalized spacial score (nSPS) is 11.4. The summed E-state index contributed by atoms with van der Waals surface area (Å²) in [6.07, 6.45) is 1.98. The molecule has 0 radical (unpaired) electrons. The van der Waals surface area contributed by atoms with Gasteiger partial charge in [-0.1, -0.05) is 56.3 Å². The molecule has 0 saturated heterocycles. The van der Waals surface area contributed by atoms with Gasteiger partial charge in [-0.2, -0.15) is 0 Å². The molecule has 0 unspecified atom stereocenters. The first kappa shape index (κ1) is 15.5. The molecule has 0 spiro atoms. The summed E-state index contributed by atoms with van der Waals surface area (Å²) in [6, 6.07) is 16.2. The second kappa shape index (κ2) is 6.26. The van der Waals surface area contributed by atoms with Gasteiger partial charge in [-0.15, -0.1) is 0 Å². The first-order chi connectivity index (χ1) is 10.0. The Balaban J connectivity index is 2.40. The summed E-state index contributed by atoms with van der Waals surface area (Å²) in [5.74, 6) is 0.186. The van der Waals surface area contributed by atoms with Crippen LogP contribution in [-0.4, -0.2) is 5.78 Å². The molecule has 2 aromatic rings. The van der Waals surface area contributed by atoms with Gasteiger partial charge in [0.1, 0.15) is 0 Å². The van der Waals surface area contributed by atoms with E-state index in [1.165, 1.54) is 11.1 Å². The van der Waals surface area contributed by atoms with Gasteiger partial charge in [-0.05, 0) is 49.4 Å². The van der Waals surface area contributed by atoms with Crippen LogP contribution in [0.3, 0.4) is 0 Å². The van der Waals surface area contributed by atoms with Gasteiger partial charge < -0.3 is 0 Å². The second-order valence-corrected chi connectivity index (χ2v) is 6.01. The van der Waals surface area contributed by atoms with Crippen LogP contribution < -0.4 is 0 Å². The van der Waals surface area contributed by atoms with Crippen LogP contribution in [0.2, 0.25) is 0 Å². The van der Waals surface area contributed by atoms with Crippen molar-refractivity contribution in [2.24, 2.45) is 0 Å². The van der Waals surface area contributed by atoms with Crippen molar-refractivity contribution in [3.05, 3.63) is 70.8 Å². The summed E-state index contributed by atoms with van der Waals surface area (Å²) in [7, 11) is 0. The van der Waals surface area contributed by atoms with E-state index in [9.17, 15) is 4.79 Å². The number of ketones is 1. The van der Waals surface area contributed by atoms with E-state index in [-0.39, 0.29) is 5.78 Å². The molecule has 0 bridgehead atoms. The zero-order chi connectivity index (χ0) is 15.5. The van der Waals surface area contributed by atoms with Gasteiger partial charge in [0.05, 0.1) is 5.41 Å². The Morgan fingerprint density at radius 3 is 2.10 bits per heavy atom. The number of carbonyl (C=O) groups excluding carboxylic acids is 1. The predicted octanol–water partition coefficient (Wildman–Crippen LogP) is 4.97. The third-order valence-electron chi connectivity index (χ3n) is 4.29. The molecule has 0 aliphatic rings. The standard InChI is InChI=1S/C20H24O/c1-5-15-12-13-17(14-16(15)6-2)19(21)20(3,4)18-10-8-7-9-11-18/h7-14H,5-6H2,1-4H3. The number of aryl methyl sites for hydroxylation is 2. The van der Waals surface area contributed by atoms with Gasteiger partial charge in [0.15, 0.2) is 5.78 Å². The highest BCUT2D eigenvalue weighted by Crippen LogP contribution is 2.28. The van der Waals surface area contributed by atoms with Gasteiger partial charge in [0, 0.05) is 5.56 Å². The second-order valence-electron chi connectivity index (χ2n) is 6.01. The molecule has 0 N–H and O–H groups in total. The average molecular weight is 280 g/mol. The summed E-state index contributed by atoms with van der Waals surface area (Å²) in [6.45, 7) is 8.31. The Morgan fingerprint density at radius 1 is 0.905 bits per heavy atom. The van der Waals surface area contributed by atoms with Crippen molar-refractivity contribution < 1.29 is 4.79 Å². The van der Waals surface area contributed by atoms with Crippen LogP contribution in [0, 0.1) is 0 Å². The fraction of sp³-hybridized carbons (Fsp3) is 0.350. The average Bonchev–Trinajstić information content (AvgIpc) is 2.54. The van der Waals surface area contributed by atoms with E-state index in [4.69, 9.17) is 0 Å². The molecule has 0 aromatic heterocycles. The molecule has 1 nitrogen and oxygen atoms in total. The maximum atomic E-state index is 12.9. The molecule has 0 saturated carbocycles. The van der Waals surface area contributed by atoms with Crippen molar-refractivity contribution in [2.45, 2.75) is 46.0 Å². The maximum absolute atomic E-state index is 12.9.